The van der Waals surface area contributed by atoms with Crippen molar-refractivity contribution in [2.45, 2.75) is 40.2 Å². The molecule has 4 nitrogen and oxygen atoms in total. The molecule has 0 unspecified atom stereocenters. The Balaban J connectivity index is 2.77. The maximum absolute atomic E-state index is 12.0. The highest BCUT2D eigenvalue weighted by atomic mass is 16.5. The summed E-state index contributed by atoms with van der Waals surface area (Å²) in [6.07, 6.45) is 0.505. The molecule has 0 aliphatic carbocycles. The summed E-state index contributed by atoms with van der Waals surface area (Å²) in [6.45, 7) is 8.11. The van der Waals surface area contributed by atoms with Crippen LogP contribution >= 0.6 is 0 Å². The maximum atomic E-state index is 12.0. The van der Waals surface area contributed by atoms with Crippen LogP contribution in [0.15, 0.2) is 18.2 Å². The number of benzene rings is 1. The van der Waals surface area contributed by atoms with Crippen molar-refractivity contribution < 1.29 is 14.3 Å². The fourth-order valence-electron chi connectivity index (χ4n) is 1.98. The van der Waals surface area contributed by atoms with E-state index in [9.17, 15) is 4.79 Å². The van der Waals surface area contributed by atoms with Crippen LogP contribution in [0.5, 0.6) is 11.5 Å². The first-order valence-electron chi connectivity index (χ1n) is 6.78. The van der Waals surface area contributed by atoms with E-state index in [1.54, 1.807) is 14.2 Å². The standard InChI is InChI=1S/C16H25NO3/c1-11(17-15(18)10-16(2,3)4)12-7-8-13(19-5)14(9-12)20-6/h7-9,11H,10H2,1-6H3,(H,17,18)/t11-/m1/s1. The van der Waals surface area contributed by atoms with Gasteiger partial charge in [-0.1, -0.05) is 26.8 Å². The van der Waals surface area contributed by atoms with E-state index in [1.807, 2.05) is 45.9 Å². The van der Waals surface area contributed by atoms with Gasteiger partial charge in [-0.15, -0.1) is 0 Å². The highest BCUT2D eigenvalue weighted by Crippen LogP contribution is 2.30. The Labute approximate surface area is 121 Å². The number of hydrogen-bond acceptors (Lipinski definition) is 3. The Morgan fingerprint density at radius 3 is 2.30 bits per heavy atom. The molecule has 1 aromatic carbocycles. The lowest BCUT2D eigenvalue weighted by Gasteiger charge is -2.21. The molecule has 1 amide bonds. The molecule has 0 aromatic heterocycles. The van der Waals surface area contributed by atoms with E-state index in [0.717, 1.165) is 5.56 Å². The minimum Gasteiger partial charge on any atom is -0.493 e. The maximum Gasteiger partial charge on any atom is 0.220 e. The number of rotatable bonds is 5. The molecule has 0 radical (unpaired) electrons. The minimum atomic E-state index is -0.0651. The van der Waals surface area contributed by atoms with Gasteiger partial charge in [-0.05, 0) is 30.0 Å². The van der Waals surface area contributed by atoms with Crippen molar-refractivity contribution >= 4 is 5.91 Å². The topological polar surface area (TPSA) is 47.6 Å². The highest BCUT2D eigenvalue weighted by molar-refractivity contribution is 5.77. The van der Waals surface area contributed by atoms with Gasteiger partial charge in [0.1, 0.15) is 0 Å². The van der Waals surface area contributed by atoms with Crippen LogP contribution in [-0.2, 0) is 4.79 Å². The Hall–Kier alpha value is -1.71. The van der Waals surface area contributed by atoms with E-state index < -0.39 is 0 Å². The molecule has 0 aliphatic heterocycles. The summed E-state index contributed by atoms with van der Waals surface area (Å²) in [6, 6.07) is 5.61. The fourth-order valence-corrected chi connectivity index (χ4v) is 1.98. The third-order valence-corrected chi connectivity index (χ3v) is 2.98. The number of carbonyl (C=O) groups is 1. The van der Waals surface area contributed by atoms with E-state index in [-0.39, 0.29) is 17.4 Å². The minimum absolute atomic E-state index is 0.0125. The lowest BCUT2D eigenvalue weighted by Crippen LogP contribution is -2.29. The van der Waals surface area contributed by atoms with Crippen molar-refractivity contribution in [1.82, 2.24) is 5.32 Å². The number of nitrogens with one attached hydrogen (secondary N) is 1. The van der Waals surface area contributed by atoms with Gasteiger partial charge in [0, 0.05) is 6.42 Å². The van der Waals surface area contributed by atoms with Gasteiger partial charge in [0.25, 0.3) is 0 Å². The summed E-state index contributed by atoms with van der Waals surface area (Å²) < 4.78 is 10.5. The Bertz CT molecular complexity index is 463. The second-order valence-electron chi connectivity index (χ2n) is 6.14. The number of carbonyl (C=O) groups excluding carboxylic acids is 1. The Morgan fingerprint density at radius 1 is 1.20 bits per heavy atom. The zero-order valence-electron chi connectivity index (χ0n) is 13.2. The van der Waals surface area contributed by atoms with Crippen molar-refractivity contribution in [3.05, 3.63) is 23.8 Å². The largest absolute Gasteiger partial charge is 0.493 e. The molecule has 0 saturated heterocycles. The zero-order chi connectivity index (χ0) is 15.3. The van der Waals surface area contributed by atoms with Crippen LogP contribution in [0.2, 0.25) is 0 Å². The zero-order valence-corrected chi connectivity index (χ0v) is 13.2. The normalized spacial score (nSPS) is 12.7. The average Bonchev–Trinajstić information content (AvgIpc) is 2.35. The van der Waals surface area contributed by atoms with Crippen LogP contribution in [-0.4, -0.2) is 20.1 Å². The lowest BCUT2D eigenvalue weighted by molar-refractivity contribution is -0.123. The molecule has 20 heavy (non-hydrogen) atoms. The second kappa shape index (κ2) is 6.64. The van der Waals surface area contributed by atoms with Crippen molar-refractivity contribution in [2.75, 3.05) is 14.2 Å². The quantitative estimate of drug-likeness (QED) is 0.899. The van der Waals surface area contributed by atoms with Crippen LogP contribution < -0.4 is 14.8 Å². The van der Waals surface area contributed by atoms with Gasteiger partial charge in [0.05, 0.1) is 20.3 Å². The van der Waals surface area contributed by atoms with Crippen LogP contribution in [0.3, 0.4) is 0 Å². The molecule has 112 valence electrons. The van der Waals surface area contributed by atoms with Gasteiger partial charge in [-0.2, -0.15) is 0 Å². The summed E-state index contributed by atoms with van der Waals surface area (Å²) in [5.74, 6) is 1.41. The number of ether oxygens (including phenoxy) is 2. The van der Waals surface area contributed by atoms with Crippen LogP contribution in [0.4, 0.5) is 0 Å². The molecule has 1 N–H and O–H groups in total. The van der Waals surface area contributed by atoms with Gasteiger partial charge in [-0.3, -0.25) is 4.79 Å². The molecule has 0 fully saturated rings. The average molecular weight is 279 g/mol. The van der Waals surface area contributed by atoms with Gasteiger partial charge >= 0.3 is 0 Å². The SMILES string of the molecule is COc1ccc([C@@H](C)NC(=O)CC(C)(C)C)cc1OC. The summed E-state index contributed by atoms with van der Waals surface area (Å²) in [5.41, 5.74) is 0.978. The molecular weight excluding hydrogens is 254 g/mol. The van der Waals surface area contributed by atoms with Crippen LogP contribution in [0.25, 0.3) is 0 Å². The molecule has 0 aliphatic rings. The number of amides is 1. The first-order chi connectivity index (χ1) is 9.26. The second-order valence-corrected chi connectivity index (χ2v) is 6.14. The third-order valence-electron chi connectivity index (χ3n) is 2.98. The van der Waals surface area contributed by atoms with Crippen LogP contribution in [0.1, 0.15) is 45.7 Å². The van der Waals surface area contributed by atoms with E-state index >= 15 is 0 Å². The van der Waals surface area contributed by atoms with E-state index in [1.165, 1.54) is 0 Å². The first kappa shape index (κ1) is 16.3. The summed E-state index contributed by atoms with van der Waals surface area (Å²) in [5, 5.41) is 3.01. The Morgan fingerprint density at radius 2 is 1.80 bits per heavy atom. The van der Waals surface area contributed by atoms with E-state index in [0.29, 0.717) is 17.9 Å². The number of hydrogen-bond donors (Lipinski definition) is 1. The summed E-state index contributed by atoms with van der Waals surface area (Å²) in [4.78, 5) is 12.0. The van der Waals surface area contributed by atoms with Crippen molar-refractivity contribution in [3.8, 4) is 11.5 Å². The molecule has 1 rings (SSSR count). The van der Waals surface area contributed by atoms with Gasteiger partial charge in [0.2, 0.25) is 5.91 Å². The molecule has 4 heteroatoms. The van der Waals surface area contributed by atoms with Gasteiger partial charge in [0.15, 0.2) is 11.5 Å². The smallest absolute Gasteiger partial charge is 0.220 e. The monoisotopic (exact) mass is 279 g/mol. The van der Waals surface area contributed by atoms with Gasteiger partial charge < -0.3 is 14.8 Å². The molecule has 0 heterocycles. The predicted molar refractivity (Wildman–Crippen MR) is 80.2 cm³/mol. The third kappa shape index (κ3) is 4.76. The molecule has 0 spiro atoms. The predicted octanol–water partition coefficient (Wildman–Crippen LogP) is 3.32. The molecule has 0 saturated carbocycles. The van der Waals surface area contributed by atoms with Crippen LogP contribution in [0, 0.1) is 5.41 Å². The molecule has 1 atom stereocenters. The van der Waals surface area contributed by atoms with E-state index in [4.69, 9.17) is 9.47 Å². The molecular formula is C16H25NO3. The van der Waals surface area contributed by atoms with Gasteiger partial charge in [-0.25, -0.2) is 0 Å². The van der Waals surface area contributed by atoms with Crippen molar-refractivity contribution in [1.29, 1.82) is 0 Å². The van der Waals surface area contributed by atoms with E-state index in [2.05, 4.69) is 5.32 Å². The van der Waals surface area contributed by atoms with Crippen molar-refractivity contribution in [3.63, 3.8) is 0 Å². The lowest BCUT2D eigenvalue weighted by atomic mass is 9.91. The number of methoxy groups -OCH3 is 2. The summed E-state index contributed by atoms with van der Waals surface area (Å²) >= 11 is 0. The molecule has 0 bridgehead atoms. The first-order valence-corrected chi connectivity index (χ1v) is 6.78. The Kier molecular flexibility index (Phi) is 5.43. The van der Waals surface area contributed by atoms with Crippen molar-refractivity contribution in [2.24, 2.45) is 5.41 Å². The highest BCUT2D eigenvalue weighted by Gasteiger charge is 2.18. The summed E-state index contributed by atoms with van der Waals surface area (Å²) in [7, 11) is 3.20. The molecule has 1 aromatic rings. The fraction of sp³-hybridized carbons (Fsp3) is 0.562.